The summed E-state index contributed by atoms with van der Waals surface area (Å²) in [7, 11) is -3.70. The van der Waals surface area contributed by atoms with Gasteiger partial charge in [0.05, 0.1) is 11.5 Å². The summed E-state index contributed by atoms with van der Waals surface area (Å²) in [5, 5.41) is 5.04. The number of fused-ring (bicyclic) bond motifs is 1. The van der Waals surface area contributed by atoms with E-state index in [4.69, 9.17) is 4.74 Å². The van der Waals surface area contributed by atoms with Crippen LogP contribution in [0, 0.1) is 6.92 Å². The van der Waals surface area contributed by atoms with E-state index in [1.165, 1.54) is 0 Å². The molecule has 0 spiro atoms. The van der Waals surface area contributed by atoms with Crippen molar-refractivity contribution in [2.24, 2.45) is 0 Å². The molecule has 0 radical (unpaired) electrons. The van der Waals surface area contributed by atoms with Gasteiger partial charge in [0.2, 0.25) is 5.88 Å². The van der Waals surface area contributed by atoms with E-state index in [9.17, 15) is 8.42 Å². The highest BCUT2D eigenvalue weighted by molar-refractivity contribution is 7.92. The summed E-state index contributed by atoms with van der Waals surface area (Å²) in [4.78, 5) is 8.78. The molecule has 0 fully saturated rings. The highest BCUT2D eigenvalue weighted by Gasteiger charge is 2.14. The second-order valence-electron chi connectivity index (χ2n) is 6.89. The van der Waals surface area contributed by atoms with Gasteiger partial charge in [-0.05, 0) is 61.0 Å². The minimum atomic E-state index is -3.70. The smallest absolute Gasteiger partial charge is 0.261 e. The standard InChI is InChI=1S/C23H22N4O3S/c1-3-30-23-15-22(24-16(2)25-23)26-19-9-11-20(12-10-19)27-31(28,29)21-13-8-17-6-4-5-7-18(17)14-21/h4-15,27H,3H2,1-2H3,(H,24,25,26). The third-order valence-electron chi connectivity index (χ3n) is 4.55. The lowest BCUT2D eigenvalue weighted by atomic mass is 10.1. The van der Waals surface area contributed by atoms with Gasteiger partial charge >= 0.3 is 0 Å². The summed E-state index contributed by atoms with van der Waals surface area (Å²) in [5.74, 6) is 1.69. The van der Waals surface area contributed by atoms with Crippen molar-refractivity contribution < 1.29 is 13.2 Å². The summed E-state index contributed by atoms with van der Waals surface area (Å²) in [6, 6.07) is 21.4. The van der Waals surface area contributed by atoms with E-state index in [0.717, 1.165) is 16.5 Å². The minimum absolute atomic E-state index is 0.216. The Morgan fingerprint density at radius 1 is 0.871 bits per heavy atom. The van der Waals surface area contributed by atoms with Crippen LogP contribution in [-0.2, 0) is 10.0 Å². The molecule has 8 heteroatoms. The molecule has 0 bridgehead atoms. The normalized spacial score (nSPS) is 11.3. The Morgan fingerprint density at radius 3 is 2.32 bits per heavy atom. The molecule has 31 heavy (non-hydrogen) atoms. The number of aromatic nitrogens is 2. The summed E-state index contributed by atoms with van der Waals surface area (Å²) >= 11 is 0. The number of nitrogens with zero attached hydrogens (tertiary/aromatic N) is 2. The molecule has 4 rings (SSSR count). The lowest BCUT2D eigenvalue weighted by Crippen LogP contribution is -2.12. The molecule has 0 aliphatic heterocycles. The van der Waals surface area contributed by atoms with E-state index < -0.39 is 10.0 Å². The Hall–Kier alpha value is -3.65. The molecule has 0 unspecified atom stereocenters. The van der Waals surface area contributed by atoms with E-state index >= 15 is 0 Å². The van der Waals surface area contributed by atoms with Crippen LogP contribution in [0.15, 0.2) is 77.7 Å². The quantitative estimate of drug-likeness (QED) is 0.431. The Bertz CT molecular complexity index is 1320. The van der Waals surface area contributed by atoms with Crippen LogP contribution in [0.25, 0.3) is 10.8 Å². The predicted molar refractivity (Wildman–Crippen MR) is 122 cm³/mol. The second kappa shape index (κ2) is 8.61. The van der Waals surface area contributed by atoms with Gasteiger partial charge in [-0.1, -0.05) is 30.3 Å². The zero-order chi connectivity index (χ0) is 21.8. The Kier molecular flexibility index (Phi) is 5.73. The van der Waals surface area contributed by atoms with Crippen LogP contribution in [0.3, 0.4) is 0 Å². The maximum Gasteiger partial charge on any atom is 0.261 e. The molecule has 4 aromatic rings. The van der Waals surface area contributed by atoms with Crippen LogP contribution in [0.4, 0.5) is 17.2 Å². The molecule has 0 saturated carbocycles. The number of hydrogen-bond acceptors (Lipinski definition) is 6. The lowest BCUT2D eigenvalue weighted by molar-refractivity contribution is 0.325. The lowest BCUT2D eigenvalue weighted by Gasteiger charge is -2.11. The van der Waals surface area contributed by atoms with Crippen molar-refractivity contribution in [2.75, 3.05) is 16.6 Å². The van der Waals surface area contributed by atoms with Gasteiger partial charge in [0.15, 0.2) is 0 Å². The van der Waals surface area contributed by atoms with Crippen LogP contribution in [0.5, 0.6) is 5.88 Å². The van der Waals surface area contributed by atoms with E-state index in [-0.39, 0.29) is 4.90 Å². The molecule has 3 aromatic carbocycles. The molecular formula is C23H22N4O3S. The van der Waals surface area contributed by atoms with Crippen molar-refractivity contribution in [1.29, 1.82) is 0 Å². The largest absolute Gasteiger partial charge is 0.478 e. The Morgan fingerprint density at radius 2 is 1.58 bits per heavy atom. The first-order valence-electron chi connectivity index (χ1n) is 9.80. The number of rotatable bonds is 7. The monoisotopic (exact) mass is 434 g/mol. The molecule has 7 nitrogen and oxygen atoms in total. The van der Waals surface area contributed by atoms with Crippen LogP contribution in [0.2, 0.25) is 0 Å². The summed E-state index contributed by atoms with van der Waals surface area (Å²) < 4.78 is 33.7. The van der Waals surface area contributed by atoms with Gasteiger partial charge in [-0.25, -0.2) is 13.4 Å². The first kappa shape index (κ1) is 20.6. The Labute approximate surface area is 181 Å². The minimum Gasteiger partial charge on any atom is -0.478 e. The van der Waals surface area contributed by atoms with E-state index in [2.05, 4.69) is 20.0 Å². The van der Waals surface area contributed by atoms with E-state index in [0.29, 0.717) is 29.8 Å². The van der Waals surface area contributed by atoms with Gasteiger partial charge in [0.25, 0.3) is 10.0 Å². The SMILES string of the molecule is CCOc1cc(Nc2ccc(NS(=O)(=O)c3ccc4ccccc4c3)cc2)nc(C)n1. The number of hydrogen-bond donors (Lipinski definition) is 2. The van der Waals surface area contributed by atoms with E-state index in [1.54, 1.807) is 55.5 Å². The zero-order valence-electron chi connectivity index (χ0n) is 17.2. The van der Waals surface area contributed by atoms with Crippen molar-refractivity contribution in [1.82, 2.24) is 9.97 Å². The summed E-state index contributed by atoms with van der Waals surface area (Å²) in [5.41, 5.74) is 1.22. The molecular weight excluding hydrogens is 412 g/mol. The average Bonchev–Trinajstić information content (AvgIpc) is 2.74. The molecule has 0 saturated heterocycles. The van der Waals surface area contributed by atoms with Crippen LogP contribution in [-0.4, -0.2) is 25.0 Å². The van der Waals surface area contributed by atoms with Gasteiger partial charge < -0.3 is 10.1 Å². The van der Waals surface area contributed by atoms with Crippen molar-refractivity contribution in [3.63, 3.8) is 0 Å². The number of nitrogens with one attached hydrogen (secondary N) is 2. The maximum absolute atomic E-state index is 12.8. The summed E-state index contributed by atoms with van der Waals surface area (Å²) in [6.45, 7) is 4.20. The van der Waals surface area contributed by atoms with Gasteiger partial charge in [-0.3, -0.25) is 4.72 Å². The van der Waals surface area contributed by atoms with Gasteiger partial charge in [-0.15, -0.1) is 0 Å². The molecule has 158 valence electrons. The highest BCUT2D eigenvalue weighted by Crippen LogP contribution is 2.24. The summed E-state index contributed by atoms with van der Waals surface area (Å²) in [6.07, 6.45) is 0. The third-order valence-corrected chi connectivity index (χ3v) is 5.93. The van der Waals surface area contributed by atoms with Crippen LogP contribution in [0.1, 0.15) is 12.7 Å². The average molecular weight is 435 g/mol. The molecule has 2 N–H and O–H groups in total. The number of aryl methyl sites for hydroxylation is 1. The van der Waals surface area contributed by atoms with Crippen LogP contribution >= 0.6 is 0 Å². The maximum atomic E-state index is 12.8. The molecule has 0 amide bonds. The molecule has 1 aromatic heterocycles. The third kappa shape index (κ3) is 4.92. The topological polar surface area (TPSA) is 93.2 Å². The predicted octanol–water partition coefficient (Wildman–Crippen LogP) is 4.88. The first-order chi connectivity index (χ1) is 14.9. The highest BCUT2D eigenvalue weighted by atomic mass is 32.2. The number of anilines is 3. The molecule has 1 heterocycles. The zero-order valence-corrected chi connectivity index (χ0v) is 18.0. The fourth-order valence-corrected chi connectivity index (χ4v) is 4.24. The van der Waals surface area contributed by atoms with Crippen molar-refractivity contribution >= 4 is 38.0 Å². The van der Waals surface area contributed by atoms with Crippen molar-refractivity contribution in [3.8, 4) is 5.88 Å². The fraction of sp³-hybridized carbons (Fsp3) is 0.130. The van der Waals surface area contributed by atoms with Crippen molar-refractivity contribution in [3.05, 3.63) is 78.6 Å². The van der Waals surface area contributed by atoms with Crippen molar-refractivity contribution in [2.45, 2.75) is 18.7 Å². The van der Waals surface area contributed by atoms with Crippen LogP contribution < -0.4 is 14.8 Å². The number of benzene rings is 3. The van der Waals surface area contributed by atoms with Gasteiger partial charge in [0.1, 0.15) is 11.6 Å². The molecule has 0 aliphatic rings. The molecule has 0 aliphatic carbocycles. The Balaban J connectivity index is 1.50. The first-order valence-corrected chi connectivity index (χ1v) is 11.3. The molecule has 0 atom stereocenters. The van der Waals surface area contributed by atoms with E-state index in [1.807, 2.05) is 31.2 Å². The second-order valence-corrected chi connectivity index (χ2v) is 8.57. The fourth-order valence-electron chi connectivity index (χ4n) is 3.14. The van der Waals surface area contributed by atoms with Gasteiger partial charge in [-0.2, -0.15) is 4.98 Å². The van der Waals surface area contributed by atoms with Gasteiger partial charge in [0, 0.05) is 17.4 Å². The number of ether oxygens (including phenoxy) is 1. The number of sulfonamides is 1.